The van der Waals surface area contributed by atoms with E-state index in [0.29, 0.717) is 19.0 Å². The molecule has 3 nitrogen and oxygen atoms in total. The van der Waals surface area contributed by atoms with Crippen LogP contribution in [0.5, 0.6) is 0 Å². The Kier molecular flexibility index (Phi) is 4.37. The van der Waals surface area contributed by atoms with Crippen molar-refractivity contribution in [3.63, 3.8) is 0 Å². The fourth-order valence-corrected chi connectivity index (χ4v) is 2.38. The SMILES string of the molecule is CCNC(=O)C(CN)Cc1ccccc1C1CC1. The van der Waals surface area contributed by atoms with Crippen LogP contribution in [0, 0.1) is 5.92 Å². The van der Waals surface area contributed by atoms with Gasteiger partial charge in [-0.2, -0.15) is 0 Å². The van der Waals surface area contributed by atoms with Gasteiger partial charge in [-0.3, -0.25) is 4.79 Å². The van der Waals surface area contributed by atoms with E-state index in [9.17, 15) is 4.79 Å². The van der Waals surface area contributed by atoms with Crippen molar-refractivity contribution in [3.8, 4) is 0 Å². The van der Waals surface area contributed by atoms with Gasteiger partial charge in [0.1, 0.15) is 0 Å². The van der Waals surface area contributed by atoms with Crippen molar-refractivity contribution in [2.75, 3.05) is 13.1 Å². The van der Waals surface area contributed by atoms with Gasteiger partial charge in [-0.25, -0.2) is 0 Å². The lowest BCUT2D eigenvalue weighted by Gasteiger charge is -2.16. The summed E-state index contributed by atoms with van der Waals surface area (Å²) in [5.41, 5.74) is 8.44. The van der Waals surface area contributed by atoms with Crippen LogP contribution in [0.3, 0.4) is 0 Å². The first-order valence-corrected chi connectivity index (χ1v) is 6.81. The number of rotatable bonds is 6. The highest BCUT2D eigenvalue weighted by Crippen LogP contribution is 2.41. The Balaban J connectivity index is 2.09. The van der Waals surface area contributed by atoms with Gasteiger partial charge in [-0.05, 0) is 43.2 Å². The van der Waals surface area contributed by atoms with Gasteiger partial charge in [-0.15, -0.1) is 0 Å². The molecule has 0 saturated heterocycles. The first-order valence-electron chi connectivity index (χ1n) is 6.81. The summed E-state index contributed by atoms with van der Waals surface area (Å²) in [7, 11) is 0. The molecule has 1 aromatic carbocycles. The summed E-state index contributed by atoms with van der Waals surface area (Å²) in [6.45, 7) is 3.01. The van der Waals surface area contributed by atoms with Crippen molar-refractivity contribution in [3.05, 3.63) is 35.4 Å². The molecular formula is C15H22N2O. The summed E-state index contributed by atoms with van der Waals surface area (Å²) in [6, 6.07) is 8.46. The third-order valence-electron chi connectivity index (χ3n) is 3.54. The molecule has 0 bridgehead atoms. The molecule has 0 aliphatic heterocycles. The lowest BCUT2D eigenvalue weighted by Crippen LogP contribution is -2.36. The summed E-state index contributed by atoms with van der Waals surface area (Å²) in [5.74, 6) is 0.685. The third-order valence-corrected chi connectivity index (χ3v) is 3.54. The maximum absolute atomic E-state index is 11.9. The van der Waals surface area contributed by atoms with Gasteiger partial charge in [-0.1, -0.05) is 24.3 Å². The minimum atomic E-state index is -0.107. The molecule has 2 rings (SSSR count). The first-order chi connectivity index (χ1) is 8.76. The highest BCUT2D eigenvalue weighted by molar-refractivity contribution is 5.79. The van der Waals surface area contributed by atoms with Crippen LogP contribution in [-0.2, 0) is 11.2 Å². The van der Waals surface area contributed by atoms with Gasteiger partial charge < -0.3 is 11.1 Å². The summed E-state index contributed by atoms with van der Waals surface area (Å²) < 4.78 is 0. The molecule has 1 aliphatic carbocycles. The molecule has 0 heterocycles. The van der Waals surface area contributed by atoms with Crippen molar-refractivity contribution < 1.29 is 4.79 Å². The Morgan fingerprint density at radius 3 is 2.78 bits per heavy atom. The second-order valence-electron chi connectivity index (χ2n) is 5.00. The van der Waals surface area contributed by atoms with Crippen molar-refractivity contribution in [2.24, 2.45) is 11.7 Å². The molecule has 3 N–H and O–H groups in total. The lowest BCUT2D eigenvalue weighted by molar-refractivity contribution is -0.124. The Morgan fingerprint density at radius 2 is 2.17 bits per heavy atom. The number of carbonyl (C=O) groups is 1. The molecule has 0 spiro atoms. The Hall–Kier alpha value is -1.35. The fraction of sp³-hybridized carbons (Fsp3) is 0.533. The maximum atomic E-state index is 11.9. The van der Waals surface area contributed by atoms with E-state index in [0.717, 1.165) is 6.42 Å². The van der Waals surface area contributed by atoms with Crippen LogP contribution in [0.2, 0.25) is 0 Å². The van der Waals surface area contributed by atoms with Gasteiger partial charge in [0.05, 0.1) is 5.92 Å². The fourth-order valence-electron chi connectivity index (χ4n) is 2.38. The zero-order chi connectivity index (χ0) is 13.0. The molecule has 1 amide bonds. The van der Waals surface area contributed by atoms with E-state index < -0.39 is 0 Å². The minimum Gasteiger partial charge on any atom is -0.356 e. The average Bonchev–Trinajstić information content (AvgIpc) is 3.21. The number of carbonyl (C=O) groups excluding carboxylic acids is 1. The largest absolute Gasteiger partial charge is 0.356 e. The summed E-state index contributed by atoms with van der Waals surface area (Å²) >= 11 is 0. The molecule has 18 heavy (non-hydrogen) atoms. The molecule has 1 saturated carbocycles. The molecule has 3 heteroatoms. The Morgan fingerprint density at radius 1 is 1.44 bits per heavy atom. The van der Waals surface area contributed by atoms with Crippen molar-refractivity contribution in [1.82, 2.24) is 5.32 Å². The summed E-state index contributed by atoms with van der Waals surface area (Å²) in [5, 5.41) is 2.86. The lowest BCUT2D eigenvalue weighted by atomic mass is 9.93. The predicted molar refractivity (Wildman–Crippen MR) is 73.3 cm³/mol. The maximum Gasteiger partial charge on any atom is 0.224 e. The molecule has 1 unspecified atom stereocenters. The van der Waals surface area contributed by atoms with Crippen LogP contribution in [-0.4, -0.2) is 19.0 Å². The topological polar surface area (TPSA) is 55.1 Å². The molecule has 0 radical (unpaired) electrons. The van der Waals surface area contributed by atoms with Crippen molar-refractivity contribution >= 4 is 5.91 Å². The van der Waals surface area contributed by atoms with E-state index in [1.165, 1.54) is 24.0 Å². The number of nitrogens with two attached hydrogens (primary N) is 1. The van der Waals surface area contributed by atoms with Crippen molar-refractivity contribution in [2.45, 2.75) is 32.1 Å². The van der Waals surface area contributed by atoms with Gasteiger partial charge in [0.2, 0.25) is 5.91 Å². The highest BCUT2D eigenvalue weighted by Gasteiger charge is 2.27. The van der Waals surface area contributed by atoms with Gasteiger partial charge in [0, 0.05) is 13.1 Å². The van der Waals surface area contributed by atoms with Crippen LogP contribution >= 0.6 is 0 Å². The number of amides is 1. The Bertz CT molecular complexity index is 413. The van der Waals surface area contributed by atoms with Gasteiger partial charge >= 0.3 is 0 Å². The third kappa shape index (κ3) is 3.10. The standard InChI is InChI=1S/C15H22N2O/c1-2-17-15(18)13(10-16)9-12-5-3-4-6-14(12)11-7-8-11/h3-6,11,13H,2,7-10,16H2,1H3,(H,17,18). The Labute approximate surface area is 109 Å². The minimum absolute atomic E-state index is 0.0746. The normalized spacial score (nSPS) is 16.3. The van der Waals surface area contributed by atoms with E-state index in [-0.39, 0.29) is 11.8 Å². The van der Waals surface area contributed by atoms with E-state index in [1.54, 1.807) is 0 Å². The second kappa shape index (κ2) is 6.01. The van der Waals surface area contributed by atoms with Crippen LogP contribution in [0.1, 0.15) is 36.8 Å². The van der Waals surface area contributed by atoms with Gasteiger partial charge in [0.25, 0.3) is 0 Å². The number of hydrogen-bond acceptors (Lipinski definition) is 2. The molecule has 1 aliphatic rings. The van der Waals surface area contributed by atoms with E-state index in [2.05, 4.69) is 23.5 Å². The zero-order valence-corrected chi connectivity index (χ0v) is 11.0. The average molecular weight is 246 g/mol. The van der Waals surface area contributed by atoms with Crippen LogP contribution in [0.25, 0.3) is 0 Å². The molecule has 1 aromatic rings. The second-order valence-corrected chi connectivity index (χ2v) is 5.00. The number of hydrogen-bond donors (Lipinski definition) is 2. The van der Waals surface area contributed by atoms with Crippen LogP contribution in [0.15, 0.2) is 24.3 Å². The van der Waals surface area contributed by atoms with Crippen molar-refractivity contribution in [1.29, 1.82) is 0 Å². The van der Waals surface area contributed by atoms with E-state index in [1.807, 2.05) is 13.0 Å². The monoisotopic (exact) mass is 246 g/mol. The van der Waals surface area contributed by atoms with Gasteiger partial charge in [0.15, 0.2) is 0 Å². The first kappa shape index (κ1) is 13.1. The van der Waals surface area contributed by atoms with E-state index >= 15 is 0 Å². The predicted octanol–water partition coefficient (Wildman–Crippen LogP) is 1.82. The molecule has 0 aromatic heterocycles. The summed E-state index contributed by atoms with van der Waals surface area (Å²) in [6.07, 6.45) is 3.33. The molecule has 1 fully saturated rings. The van der Waals surface area contributed by atoms with E-state index in [4.69, 9.17) is 5.73 Å². The van der Waals surface area contributed by atoms with Crippen LogP contribution in [0.4, 0.5) is 0 Å². The highest BCUT2D eigenvalue weighted by atomic mass is 16.1. The summed E-state index contributed by atoms with van der Waals surface area (Å²) in [4.78, 5) is 11.9. The molecule has 98 valence electrons. The number of benzene rings is 1. The van der Waals surface area contributed by atoms with Crippen LogP contribution < -0.4 is 11.1 Å². The number of nitrogens with one attached hydrogen (secondary N) is 1. The smallest absolute Gasteiger partial charge is 0.224 e. The quantitative estimate of drug-likeness (QED) is 0.804. The molecule has 1 atom stereocenters. The zero-order valence-electron chi connectivity index (χ0n) is 11.0. The molecular weight excluding hydrogens is 224 g/mol.